The number of nitrogens with one attached hydrogen (secondary N) is 1. The van der Waals surface area contributed by atoms with Gasteiger partial charge in [-0.1, -0.05) is 17.7 Å². The Morgan fingerprint density at radius 1 is 1.62 bits per heavy atom. The lowest BCUT2D eigenvalue weighted by Gasteiger charge is -2.13. The number of hydrogen-bond acceptors (Lipinski definition) is 5. The number of nitrogens with zero attached hydrogens (tertiary/aromatic N) is 2. The van der Waals surface area contributed by atoms with E-state index in [0.717, 1.165) is 11.1 Å². The van der Waals surface area contributed by atoms with Gasteiger partial charge < -0.3 is 5.32 Å². The number of aromatic nitrogens is 1. The van der Waals surface area contributed by atoms with Crippen LogP contribution in [-0.2, 0) is 6.42 Å². The second-order valence-electron chi connectivity index (χ2n) is 4.44. The Kier molecular flexibility index (Phi) is 4.87. The molecule has 0 aliphatic heterocycles. The predicted octanol–water partition coefficient (Wildman–Crippen LogP) is 3.07. The summed E-state index contributed by atoms with van der Waals surface area (Å²) in [5.74, 6) is -0.532. The third kappa shape index (κ3) is 3.99. The number of nitro groups is 1. The van der Waals surface area contributed by atoms with E-state index in [1.807, 2.05) is 24.4 Å². The van der Waals surface area contributed by atoms with Gasteiger partial charge in [0.05, 0.1) is 4.92 Å². The lowest BCUT2D eigenvalue weighted by molar-refractivity contribution is -0.385. The van der Waals surface area contributed by atoms with Crippen molar-refractivity contribution in [1.82, 2.24) is 10.3 Å². The fraction of sp³-hybridized carbons (Fsp3) is 0.231. The molecule has 0 radical (unpaired) electrons. The van der Waals surface area contributed by atoms with Crippen LogP contribution in [0.5, 0.6) is 0 Å². The molecule has 0 bridgehead atoms. The quantitative estimate of drug-likeness (QED) is 0.520. The van der Waals surface area contributed by atoms with E-state index in [0.29, 0.717) is 6.42 Å². The van der Waals surface area contributed by atoms with E-state index < -0.39 is 10.8 Å². The number of thiophene rings is 1. The highest BCUT2D eigenvalue weighted by Crippen LogP contribution is 2.20. The van der Waals surface area contributed by atoms with Crippen LogP contribution in [0.25, 0.3) is 0 Å². The predicted molar refractivity (Wildman–Crippen MR) is 80.9 cm³/mol. The molecule has 21 heavy (non-hydrogen) atoms. The maximum Gasteiger partial charge on any atom is 0.300 e. The SMILES string of the molecule is CC(Cc1cccs1)NC(=O)c1cc(Cl)ncc1[N+](=O)[O-]. The van der Waals surface area contributed by atoms with Gasteiger partial charge in [0.15, 0.2) is 0 Å². The Bertz CT molecular complexity index is 661. The van der Waals surface area contributed by atoms with Crippen LogP contribution in [0.3, 0.4) is 0 Å². The molecule has 110 valence electrons. The molecule has 0 saturated carbocycles. The fourth-order valence-electron chi connectivity index (χ4n) is 1.83. The number of amides is 1. The molecule has 2 aromatic rings. The van der Waals surface area contributed by atoms with Gasteiger partial charge in [-0.2, -0.15) is 0 Å². The molecule has 2 aromatic heterocycles. The number of pyridine rings is 1. The maximum absolute atomic E-state index is 12.2. The van der Waals surface area contributed by atoms with Crippen molar-refractivity contribution in [3.63, 3.8) is 0 Å². The number of carbonyl (C=O) groups is 1. The third-order valence-electron chi connectivity index (χ3n) is 2.76. The summed E-state index contributed by atoms with van der Waals surface area (Å²) in [5.41, 5.74) is -0.446. The molecule has 6 nitrogen and oxygen atoms in total. The lowest BCUT2D eigenvalue weighted by atomic mass is 10.1. The molecule has 2 heterocycles. The van der Waals surface area contributed by atoms with Gasteiger partial charge in [-0.15, -0.1) is 11.3 Å². The molecule has 0 spiro atoms. The number of hydrogen-bond donors (Lipinski definition) is 1. The van der Waals surface area contributed by atoms with Crippen LogP contribution in [0.1, 0.15) is 22.2 Å². The van der Waals surface area contributed by atoms with E-state index in [2.05, 4.69) is 10.3 Å². The second-order valence-corrected chi connectivity index (χ2v) is 5.86. The molecule has 0 aliphatic carbocycles. The molecular weight excluding hydrogens is 314 g/mol. The minimum absolute atomic E-state index is 0.0386. The normalized spacial score (nSPS) is 11.9. The minimum Gasteiger partial charge on any atom is -0.349 e. The number of carbonyl (C=O) groups excluding carboxylic acids is 1. The lowest BCUT2D eigenvalue weighted by Crippen LogP contribution is -2.34. The zero-order chi connectivity index (χ0) is 15.4. The van der Waals surface area contributed by atoms with E-state index in [1.165, 1.54) is 6.07 Å². The van der Waals surface area contributed by atoms with Crippen molar-refractivity contribution in [2.75, 3.05) is 0 Å². The highest BCUT2D eigenvalue weighted by molar-refractivity contribution is 7.09. The van der Waals surface area contributed by atoms with Crippen molar-refractivity contribution >= 4 is 34.5 Å². The molecule has 0 aliphatic rings. The van der Waals surface area contributed by atoms with E-state index in [1.54, 1.807) is 11.3 Å². The average Bonchev–Trinajstić information content (AvgIpc) is 2.90. The first-order valence-corrected chi connectivity index (χ1v) is 7.36. The molecule has 1 unspecified atom stereocenters. The van der Waals surface area contributed by atoms with Crippen molar-refractivity contribution in [2.24, 2.45) is 0 Å². The number of halogens is 1. The first-order valence-electron chi connectivity index (χ1n) is 6.10. The zero-order valence-corrected chi connectivity index (χ0v) is 12.6. The van der Waals surface area contributed by atoms with Gasteiger partial charge in [-0.25, -0.2) is 4.98 Å². The Morgan fingerprint density at radius 2 is 2.38 bits per heavy atom. The van der Waals surface area contributed by atoms with Crippen LogP contribution in [-0.4, -0.2) is 21.9 Å². The highest BCUT2D eigenvalue weighted by atomic mass is 35.5. The van der Waals surface area contributed by atoms with Gasteiger partial charge in [-0.3, -0.25) is 14.9 Å². The summed E-state index contributed by atoms with van der Waals surface area (Å²) in [4.78, 5) is 27.2. The van der Waals surface area contributed by atoms with Gasteiger partial charge in [0, 0.05) is 17.3 Å². The van der Waals surface area contributed by atoms with Crippen LogP contribution < -0.4 is 5.32 Å². The molecule has 8 heteroatoms. The van der Waals surface area contributed by atoms with Crippen LogP contribution in [0.4, 0.5) is 5.69 Å². The van der Waals surface area contributed by atoms with E-state index >= 15 is 0 Å². The van der Waals surface area contributed by atoms with Crippen molar-refractivity contribution in [3.8, 4) is 0 Å². The van der Waals surface area contributed by atoms with E-state index in [-0.39, 0.29) is 22.4 Å². The molecule has 1 amide bonds. The molecule has 0 saturated heterocycles. The van der Waals surface area contributed by atoms with Gasteiger partial charge in [-0.05, 0) is 24.4 Å². The monoisotopic (exact) mass is 325 g/mol. The van der Waals surface area contributed by atoms with Crippen molar-refractivity contribution in [2.45, 2.75) is 19.4 Å². The van der Waals surface area contributed by atoms with Crippen molar-refractivity contribution < 1.29 is 9.72 Å². The summed E-state index contributed by atoms with van der Waals surface area (Å²) in [6, 6.07) is 4.95. The van der Waals surface area contributed by atoms with Crippen LogP contribution >= 0.6 is 22.9 Å². The summed E-state index contributed by atoms with van der Waals surface area (Å²) in [5, 5.41) is 15.7. The summed E-state index contributed by atoms with van der Waals surface area (Å²) < 4.78 is 0. The van der Waals surface area contributed by atoms with Gasteiger partial charge in [0.1, 0.15) is 16.9 Å². The Morgan fingerprint density at radius 3 is 3.00 bits per heavy atom. The van der Waals surface area contributed by atoms with Gasteiger partial charge in [0.2, 0.25) is 0 Å². The maximum atomic E-state index is 12.2. The molecule has 0 fully saturated rings. The highest BCUT2D eigenvalue weighted by Gasteiger charge is 2.22. The first-order chi connectivity index (χ1) is 9.97. The molecule has 0 aromatic carbocycles. The largest absolute Gasteiger partial charge is 0.349 e. The molecule has 1 atom stereocenters. The van der Waals surface area contributed by atoms with Crippen LogP contribution in [0.2, 0.25) is 5.15 Å². The Hall–Kier alpha value is -1.99. The van der Waals surface area contributed by atoms with Crippen LogP contribution in [0.15, 0.2) is 29.8 Å². The Labute approximate surface area is 129 Å². The second kappa shape index (κ2) is 6.64. The first kappa shape index (κ1) is 15.4. The molecule has 2 rings (SSSR count). The summed E-state index contributed by atoms with van der Waals surface area (Å²) in [6.45, 7) is 1.84. The van der Waals surface area contributed by atoms with E-state index in [4.69, 9.17) is 11.6 Å². The third-order valence-corrected chi connectivity index (χ3v) is 3.86. The van der Waals surface area contributed by atoms with E-state index in [9.17, 15) is 14.9 Å². The summed E-state index contributed by atoms with van der Waals surface area (Å²) in [6.07, 6.45) is 1.65. The zero-order valence-electron chi connectivity index (χ0n) is 11.1. The fourth-order valence-corrected chi connectivity index (χ4v) is 2.83. The van der Waals surface area contributed by atoms with Gasteiger partial charge >= 0.3 is 0 Å². The van der Waals surface area contributed by atoms with Crippen LogP contribution in [0, 0.1) is 10.1 Å². The molecular formula is C13H12ClN3O3S. The smallest absolute Gasteiger partial charge is 0.300 e. The summed E-state index contributed by atoms with van der Waals surface area (Å²) in [7, 11) is 0. The Balaban J connectivity index is 2.12. The van der Waals surface area contributed by atoms with Crippen molar-refractivity contribution in [1.29, 1.82) is 0 Å². The topological polar surface area (TPSA) is 85.1 Å². The average molecular weight is 326 g/mol. The number of rotatable bonds is 5. The minimum atomic E-state index is -0.651. The standard InChI is InChI=1S/C13H12ClN3O3S/c1-8(5-9-3-2-4-21-9)16-13(18)10-6-12(14)15-7-11(10)17(19)20/h2-4,6-8H,5H2,1H3,(H,16,18). The molecule has 1 N–H and O–H groups in total. The van der Waals surface area contributed by atoms with Crippen molar-refractivity contribution in [3.05, 3.63) is 55.5 Å². The summed E-state index contributed by atoms with van der Waals surface area (Å²) >= 11 is 7.30. The van der Waals surface area contributed by atoms with Gasteiger partial charge in [0.25, 0.3) is 11.6 Å².